The molecule has 1 N–H and O–H groups in total. The number of ether oxygens (including phenoxy) is 1. The van der Waals surface area contributed by atoms with Crippen LogP contribution in [-0.4, -0.2) is 14.8 Å². The van der Waals surface area contributed by atoms with Crippen molar-refractivity contribution < 1.29 is 39.5 Å². The molecule has 0 amide bonds. The van der Waals surface area contributed by atoms with Crippen molar-refractivity contribution in [1.82, 2.24) is 4.72 Å². The van der Waals surface area contributed by atoms with Crippen LogP contribution in [0.5, 0.6) is 5.75 Å². The number of hydrogen-bond acceptors (Lipinski definition) is 3. The van der Waals surface area contributed by atoms with E-state index in [0.29, 0.717) is 12.1 Å². The second kappa shape index (κ2) is 6.92. The summed E-state index contributed by atoms with van der Waals surface area (Å²) in [7, 11) is -4.18. The molecule has 0 aromatic heterocycles. The summed E-state index contributed by atoms with van der Waals surface area (Å²) in [6.07, 6.45) is -4.92. The predicted octanol–water partition coefficient (Wildman–Crippen LogP) is 3.48. The van der Waals surface area contributed by atoms with Crippen LogP contribution in [0, 0.1) is 17.5 Å². The van der Waals surface area contributed by atoms with Crippen molar-refractivity contribution in [2.24, 2.45) is 0 Å². The molecule has 11 heteroatoms. The van der Waals surface area contributed by atoms with Gasteiger partial charge in [-0.15, -0.1) is 13.2 Å². The van der Waals surface area contributed by atoms with Gasteiger partial charge in [0.2, 0.25) is 10.0 Å². The lowest BCUT2D eigenvalue weighted by molar-refractivity contribution is -0.274. The van der Waals surface area contributed by atoms with Gasteiger partial charge in [-0.25, -0.2) is 26.3 Å². The molecule has 2 aromatic carbocycles. The number of rotatable bonds is 5. The first-order valence-corrected chi connectivity index (χ1v) is 7.95. The Morgan fingerprint density at radius 2 is 1.48 bits per heavy atom. The second-order valence-corrected chi connectivity index (χ2v) is 6.48. The highest BCUT2D eigenvalue weighted by atomic mass is 32.2. The number of halogens is 6. The molecule has 0 atom stereocenters. The van der Waals surface area contributed by atoms with Gasteiger partial charge < -0.3 is 4.74 Å². The third-order valence-corrected chi connectivity index (χ3v) is 4.29. The zero-order valence-corrected chi connectivity index (χ0v) is 12.9. The maximum absolute atomic E-state index is 13.1. The van der Waals surface area contributed by atoms with E-state index in [0.717, 1.165) is 24.3 Å². The topological polar surface area (TPSA) is 55.4 Å². The van der Waals surface area contributed by atoms with Crippen molar-refractivity contribution in [2.75, 3.05) is 0 Å². The van der Waals surface area contributed by atoms with Gasteiger partial charge >= 0.3 is 6.36 Å². The molecular weight excluding hydrogens is 376 g/mol. The van der Waals surface area contributed by atoms with Crippen LogP contribution < -0.4 is 9.46 Å². The van der Waals surface area contributed by atoms with E-state index in [9.17, 15) is 34.8 Å². The standard InChI is InChI=1S/C14H9F6NO3S/c15-11-5-8(6-12(16)13(11)17)7-21-25(22,23)10-3-1-9(2-4-10)24-14(18,19)20/h1-6,21H,7H2. The minimum Gasteiger partial charge on any atom is -0.406 e. The lowest BCUT2D eigenvalue weighted by Gasteiger charge is -2.10. The van der Waals surface area contributed by atoms with Gasteiger partial charge in [-0.3, -0.25) is 0 Å². The van der Waals surface area contributed by atoms with E-state index < -0.39 is 51.0 Å². The zero-order chi connectivity index (χ0) is 18.8. The molecular formula is C14H9F6NO3S. The molecule has 0 aliphatic carbocycles. The Morgan fingerprint density at radius 3 is 1.96 bits per heavy atom. The van der Waals surface area contributed by atoms with Gasteiger partial charge in [0.25, 0.3) is 0 Å². The predicted molar refractivity (Wildman–Crippen MR) is 73.5 cm³/mol. The molecule has 0 radical (unpaired) electrons. The van der Waals surface area contributed by atoms with Crippen molar-refractivity contribution in [2.45, 2.75) is 17.8 Å². The van der Waals surface area contributed by atoms with E-state index in [1.54, 1.807) is 0 Å². The van der Waals surface area contributed by atoms with Crippen LogP contribution in [0.2, 0.25) is 0 Å². The Labute approximate surface area is 138 Å². The minimum atomic E-state index is -4.92. The van der Waals surface area contributed by atoms with Crippen molar-refractivity contribution in [1.29, 1.82) is 0 Å². The second-order valence-electron chi connectivity index (χ2n) is 4.72. The highest BCUT2D eigenvalue weighted by Gasteiger charge is 2.31. The molecule has 0 bridgehead atoms. The number of hydrogen-bond donors (Lipinski definition) is 1. The Hall–Kier alpha value is -2.27. The summed E-state index contributed by atoms with van der Waals surface area (Å²) in [5.74, 6) is -5.27. The number of benzene rings is 2. The Kier molecular flexibility index (Phi) is 5.28. The maximum atomic E-state index is 13.1. The molecule has 0 aliphatic heterocycles. The molecule has 2 rings (SSSR count). The SMILES string of the molecule is O=S(=O)(NCc1cc(F)c(F)c(F)c1)c1ccc(OC(F)(F)F)cc1. The molecule has 0 spiro atoms. The number of sulfonamides is 1. The normalized spacial score (nSPS) is 12.2. The summed E-state index contributed by atoms with van der Waals surface area (Å²) in [5.41, 5.74) is -0.183. The Bertz CT molecular complexity index is 842. The first kappa shape index (κ1) is 19.1. The number of alkyl halides is 3. The van der Waals surface area contributed by atoms with Gasteiger partial charge in [0, 0.05) is 6.54 Å². The minimum absolute atomic E-state index is 0.183. The van der Waals surface area contributed by atoms with E-state index in [-0.39, 0.29) is 5.56 Å². The highest BCUT2D eigenvalue weighted by Crippen LogP contribution is 2.24. The van der Waals surface area contributed by atoms with Crippen molar-refractivity contribution >= 4 is 10.0 Å². The summed E-state index contributed by atoms with van der Waals surface area (Å²) < 4.78 is 105. The van der Waals surface area contributed by atoms with Crippen molar-refractivity contribution in [3.8, 4) is 5.75 Å². The molecule has 0 unspecified atom stereocenters. The van der Waals surface area contributed by atoms with Gasteiger partial charge in [0.15, 0.2) is 17.5 Å². The molecule has 2 aromatic rings. The quantitative estimate of drug-likeness (QED) is 0.633. The third kappa shape index (κ3) is 5.10. The monoisotopic (exact) mass is 385 g/mol. The summed E-state index contributed by atoms with van der Waals surface area (Å²) in [6.45, 7) is -0.558. The molecule has 136 valence electrons. The van der Waals surface area contributed by atoms with Gasteiger partial charge in [0.1, 0.15) is 5.75 Å². The summed E-state index contributed by atoms with van der Waals surface area (Å²) in [6, 6.07) is 4.52. The Balaban J connectivity index is 2.11. The Morgan fingerprint density at radius 1 is 0.960 bits per heavy atom. The summed E-state index contributed by atoms with van der Waals surface area (Å²) >= 11 is 0. The molecule has 25 heavy (non-hydrogen) atoms. The van der Waals surface area contributed by atoms with E-state index >= 15 is 0 Å². The maximum Gasteiger partial charge on any atom is 0.573 e. The van der Waals surface area contributed by atoms with Crippen LogP contribution in [0.3, 0.4) is 0 Å². The van der Waals surface area contributed by atoms with Crippen molar-refractivity contribution in [3.63, 3.8) is 0 Å². The van der Waals surface area contributed by atoms with Crippen LogP contribution >= 0.6 is 0 Å². The highest BCUT2D eigenvalue weighted by molar-refractivity contribution is 7.89. The fourth-order valence-corrected chi connectivity index (χ4v) is 2.81. The van der Waals surface area contributed by atoms with Crippen molar-refractivity contribution in [3.05, 3.63) is 59.4 Å². The van der Waals surface area contributed by atoms with Crippen LogP contribution in [0.25, 0.3) is 0 Å². The van der Waals surface area contributed by atoms with E-state index in [1.165, 1.54) is 0 Å². The smallest absolute Gasteiger partial charge is 0.406 e. The first-order chi connectivity index (χ1) is 11.5. The zero-order valence-electron chi connectivity index (χ0n) is 12.1. The molecule has 0 heterocycles. The summed E-state index contributed by atoms with van der Waals surface area (Å²) in [5, 5.41) is 0. The average molecular weight is 385 g/mol. The molecule has 4 nitrogen and oxygen atoms in total. The summed E-state index contributed by atoms with van der Waals surface area (Å²) in [4.78, 5) is -0.398. The van der Waals surface area contributed by atoms with Gasteiger partial charge in [-0.1, -0.05) is 0 Å². The van der Waals surface area contributed by atoms with Gasteiger partial charge in [0.05, 0.1) is 4.90 Å². The van der Waals surface area contributed by atoms with E-state index in [2.05, 4.69) is 4.74 Å². The molecule has 0 saturated carbocycles. The first-order valence-electron chi connectivity index (χ1n) is 6.47. The molecule has 0 saturated heterocycles. The lowest BCUT2D eigenvalue weighted by Crippen LogP contribution is -2.23. The molecule has 0 fully saturated rings. The van der Waals surface area contributed by atoms with Crippen LogP contribution in [0.1, 0.15) is 5.56 Å². The fourth-order valence-electron chi connectivity index (χ4n) is 1.79. The van der Waals surface area contributed by atoms with E-state index in [1.807, 2.05) is 4.72 Å². The largest absolute Gasteiger partial charge is 0.573 e. The van der Waals surface area contributed by atoms with Crippen LogP contribution in [0.4, 0.5) is 26.3 Å². The van der Waals surface area contributed by atoms with Crippen LogP contribution in [-0.2, 0) is 16.6 Å². The number of nitrogens with one attached hydrogen (secondary N) is 1. The van der Waals surface area contributed by atoms with Gasteiger partial charge in [-0.2, -0.15) is 0 Å². The lowest BCUT2D eigenvalue weighted by atomic mass is 10.2. The van der Waals surface area contributed by atoms with E-state index in [4.69, 9.17) is 0 Å². The fraction of sp³-hybridized carbons (Fsp3) is 0.143. The van der Waals surface area contributed by atoms with Crippen LogP contribution in [0.15, 0.2) is 41.3 Å². The average Bonchev–Trinajstić information content (AvgIpc) is 2.49. The molecule has 0 aliphatic rings. The van der Waals surface area contributed by atoms with Gasteiger partial charge in [-0.05, 0) is 42.0 Å². The third-order valence-electron chi connectivity index (χ3n) is 2.88.